The molecule has 3 N–H and O–H groups in total. The lowest BCUT2D eigenvalue weighted by molar-refractivity contribution is -0.321. The topological polar surface area (TPSA) is 125 Å². The van der Waals surface area contributed by atoms with Crippen LogP contribution in [0.15, 0.2) is 0 Å². The van der Waals surface area contributed by atoms with Crippen LogP contribution >= 0.6 is 0 Å². The lowest BCUT2D eigenvalue weighted by Crippen LogP contribution is -2.53. The maximum absolute atomic E-state index is 13.2. The summed E-state index contributed by atoms with van der Waals surface area (Å²) in [4.78, 5) is 51.9. The van der Waals surface area contributed by atoms with E-state index in [2.05, 4.69) is 15.4 Å². The third-order valence-corrected chi connectivity index (χ3v) is 6.80. The highest BCUT2D eigenvalue weighted by atomic mass is 19.4. The summed E-state index contributed by atoms with van der Waals surface area (Å²) in [6.07, 6.45) is -3.85. The van der Waals surface area contributed by atoms with Gasteiger partial charge < -0.3 is 20.6 Å². The van der Waals surface area contributed by atoms with Crippen molar-refractivity contribution < 1.29 is 42.2 Å². The van der Waals surface area contributed by atoms with Gasteiger partial charge in [0.15, 0.2) is 5.78 Å². The smallest absolute Gasteiger partial charge is 0.383 e. The van der Waals surface area contributed by atoms with Gasteiger partial charge in [-0.3, -0.25) is 23.9 Å². The Kier molecular flexibility index (Phi) is 7.91. The van der Waals surface area contributed by atoms with E-state index in [1.54, 1.807) is 0 Å². The van der Waals surface area contributed by atoms with Gasteiger partial charge in [0.1, 0.15) is 18.8 Å². The summed E-state index contributed by atoms with van der Waals surface area (Å²) < 4.78 is 41.0. The molecular weight excluding hydrogens is 459 g/mol. The van der Waals surface area contributed by atoms with E-state index in [0.717, 1.165) is 12.8 Å². The minimum absolute atomic E-state index is 0.0527. The predicted molar refractivity (Wildman–Crippen MR) is 112 cm³/mol. The molecule has 1 aliphatic carbocycles. The minimum atomic E-state index is -5.02. The molecule has 3 aliphatic rings. The molecule has 2 saturated heterocycles. The summed E-state index contributed by atoms with van der Waals surface area (Å²) in [6, 6.07) is -2.33. The molecule has 9 nitrogen and oxygen atoms in total. The van der Waals surface area contributed by atoms with E-state index in [1.807, 2.05) is 13.8 Å². The molecule has 2 aliphatic heterocycles. The number of alkyl halides is 3. The van der Waals surface area contributed by atoms with Crippen LogP contribution in [0.2, 0.25) is 0 Å². The summed E-state index contributed by atoms with van der Waals surface area (Å²) in [7, 11) is 0. The number of carbonyl (C=O) groups is 4. The molecule has 1 spiro atoms. The minimum Gasteiger partial charge on any atom is -0.383 e. The first kappa shape index (κ1) is 26.4. The van der Waals surface area contributed by atoms with Crippen LogP contribution in [0.4, 0.5) is 13.2 Å². The fourth-order valence-electron chi connectivity index (χ4n) is 4.75. The number of Topliss-reactive ketones (excluding diaryl/α,β-unsaturated/α-hetero) is 1. The average molecular weight is 492 g/mol. The van der Waals surface area contributed by atoms with E-state index in [1.165, 1.54) is 4.90 Å². The summed E-state index contributed by atoms with van der Waals surface area (Å²) in [6.45, 7) is 3.09. The molecule has 0 aromatic carbocycles. The van der Waals surface area contributed by atoms with E-state index in [9.17, 15) is 37.5 Å². The number of amides is 3. The molecule has 3 amide bonds. The molecule has 4 atom stereocenters. The van der Waals surface area contributed by atoms with Gasteiger partial charge in [0.2, 0.25) is 11.8 Å². The van der Waals surface area contributed by atoms with Crippen LogP contribution in [0.25, 0.3) is 0 Å². The Hall–Kier alpha value is -2.21. The van der Waals surface area contributed by atoms with Crippen molar-refractivity contribution in [2.45, 2.75) is 76.9 Å². The van der Waals surface area contributed by atoms with Crippen LogP contribution in [0.1, 0.15) is 52.4 Å². The van der Waals surface area contributed by atoms with Gasteiger partial charge in [-0.1, -0.05) is 13.8 Å². The van der Waals surface area contributed by atoms with Gasteiger partial charge in [0, 0.05) is 19.0 Å². The van der Waals surface area contributed by atoms with Crippen molar-refractivity contribution in [3.63, 3.8) is 0 Å². The molecule has 3 fully saturated rings. The number of likely N-dealkylation sites (tertiary alicyclic amines) is 1. The second kappa shape index (κ2) is 10.2. The average Bonchev–Trinajstić information content (AvgIpc) is 3.19. The Morgan fingerprint density at radius 3 is 2.50 bits per heavy atom. The maximum atomic E-state index is 13.2. The van der Waals surface area contributed by atoms with E-state index >= 15 is 0 Å². The number of aliphatic hydroxyl groups excluding tert-OH is 1. The van der Waals surface area contributed by atoms with Gasteiger partial charge in [-0.25, -0.2) is 0 Å². The second-order valence-corrected chi connectivity index (χ2v) is 10.1. The fraction of sp³-hybridized carbons (Fsp3) is 0.818. The van der Waals surface area contributed by atoms with Crippen molar-refractivity contribution in [3.8, 4) is 0 Å². The van der Waals surface area contributed by atoms with E-state index in [0.29, 0.717) is 25.9 Å². The zero-order valence-corrected chi connectivity index (χ0v) is 19.3. The van der Waals surface area contributed by atoms with Crippen LogP contribution in [0.3, 0.4) is 0 Å². The Bertz CT molecular complexity index is 814. The summed E-state index contributed by atoms with van der Waals surface area (Å²) in [5, 5.41) is 15.4. The molecular formula is C22H32F3N3O6. The van der Waals surface area contributed by atoms with E-state index in [-0.39, 0.29) is 30.1 Å². The standard InChI is InChI=1S/C22H32F3N3O6/c1-12(2)7-16(29)20(33)28-11-21(4-5-21)9-15(28)19(32)27-14(8-13-3-6-26-18(13)31)17(30)10-34-22(23,24)25/h12-16,29H,3-11H2,1-2H3,(H,26,31)(H,27,32)/t13-,14+,15-,16+/m0/s1. The molecule has 0 unspecified atom stereocenters. The van der Waals surface area contributed by atoms with Crippen LogP contribution < -0.4 is 10.6 Å². The second-order valence-electron chi connectivity index (χ2n) is 10.1. The van der Waals surface area contributed by atoms with E-state index < -0.39 is 54.7 Å². The van der Waals surface area contributed by atoms with Gasteiger partial charge in [0.25, 0.3) is 5.91 Å². The maximum Gasteiger partial charge on any atom is 0.522 e. The van der Waals surface area contributed by atoms with Crippen molar-refractivity contribution >= 4 is 23.5 Å². The van der Waals surface area contributed by atoms with Gasteiger partial charge in [-0.2, -0.15) is 0 Å². The highest BCUT2D eigenvalue weighted by Gasteiger charge is 2.56. The number of halogens is 3. The molecule has 2 heterocycles. The first-order chi connectivity index (χ1) is 15.8. The van der Waals surface area contributed by atoms with Crippen LogP contribution in [0, 0.1) is 17.3 Å². The Balaban J connectivity index is 1.73. The number of hydrogen-bond acceptors (Lipinski definition) is 6. The largest absolute Gasteiger partial charge is 0.522 e. The normalized spacial score (nSPS) is 25.4. The monoisotopic (exact) mass is 491 g/mol. The lowest BCUT2D eigenvalue weighted by Gasteiger charge is -2.28. The Morgan fingerprint density at radius 2 is 1.97 bits per heavy atom. The summed E-state index contributed by atoms with van der Waals surface area (Å²) in [5.74, 6) is -3.19. The number of carbonyl (C=O) groups excluding carboxylic acids is 4. The first-order valence-electron chi connectivity index (χ1n) is 11.6. The zero-order chi connectivity index (χ0) is 25.3. The van der Waals surface area contributed by atoms with Crippen molar-refractivity contribution in [2.24, 2.45) is 17.3 Å². The molecule has 34 heavy (non-hydrogen) atoms. The predicted octanol–water partition coefficient (Wildman–Crippen LogP) is 0.891. The number of aliphatic hydroxyl groups is 1. The van der Waals surface area contributed by atoms with Crippen molar-refractivity contribution in [1.29, 1.82) is 0 Å². The number of ether oxygens (including phenoxy) is 1. The number of nitrogens with zero attached hydrogens (tertiary/aromatic N) is 1. The van der Waals surface area contributed by atoms with Crippen LogP contribution in [-0.4, -0.2) is 77.8 Å². The van der Waals surface area contributed by atoms with Crippen LogP contribution in [0.5, 0.6) is 0 Å². The van der Waals surface area contributed by atoms with Gasteiger partial charge >= 0.3 is 6.36 Å². The van der Waals surface area contributed by atoms with Crippen LogP contribution in [-0.2, 0) is 23.9 Å². The molecule has 0 aromatic rings. The van der Waals surface area contributed by atoms with Gasteiger partial charge in [-0.15, -0.1) is 13.2 Å². The van der Waals surface area contributed by atoms with Crippen molar-refractivity contribution in [2.75, 3.05) is 19.7 Å². The SMILES string of the molecule is CC(C)C[C@@H](O)C(=O)N1CC2(CC2)C[C@H]1C(=O)N[C@H](C[C@@H]1CCNC1=O)C(=O)COC(F)(F)F. The number of nitrogens with one attached hydrogen (secondary N) is 2. The third-order valence-electron chi connectivity index (χ3n) is 6.80. The Morgan fingerprint density at radius 1 is 1.29 bits per heavy atom. The molecule has 3 rings (SSSR count). The fourth-order valence-corrected chi connectivity index (χ4v) is 4.75. The highest BCUT2D eigenvalue weighted by Crippen LogP contribution is 2.55. The zero-order valence-electron chi connectivity index (χ0n) is 19.3. The molecule has 192 valence electrons. The summed E-state index contributed by atoms with van der Waals surface area (Å²) in [5.41, 5.74) is -0.209. The number of hydrogen-bond donors (Lipinski definition) is 3. The van der Waals surface area contributed by atoms with E-state index in [4.69, 9.17) is 0 Å². The third kappa shape index (κ3) is 6.68. The molecule has 0 aromatic heterocycles. The Labute approximate surface area is 195 Å². The quantitative estimate of drug-likeness (QED) is 0.417. The highest BCUT2D eigenvalue weighted by molar-refractivity contribution is 5.95. The van der Waals surface area contributed by atoms with Gasteiger partial charge in [-0.05, 0) is 49.9 Å². The van der Waals surface area contributed by atoms with Crippen molar-refractivity contribution in [1.82, 2.24) is 15.5 Å². The van der Waals surface area contributed by atoms with Gasteiger partial charge in [0.05, 0.1) is 6.04 Å². The molecule has 0 radical (unpaired) electrons. The lowest BCUT2D eigenvalue weighted by atomic mass is 9.95. The summed E-state index contributed by atoms with van der Waals surface area (Å²) >= 11 is 0. The molecule has 1 saturated carbocycles. The van der Waals surface area contributed by atoms with Crippen molar-refractivity contribution in [3.05, 3.63) is 0 Å². The first-order valence-corrected chi connectivity index (χ1v) is 11.6. The molecule has 12 heteroatoms. The number of ketones is 1. The number of rotatable bonds is 10. The molecule has 0 bridgehead atoms.